The van der Waals surface area contributed by atoms with Crippen LogP contribution in [0.4, 0.5) is 0 Å². The molecule has 4 aromatic heterocycles. The number of fused-ring (bicyclic) bond motifs is 6. The van der Waals surface area contributed by atoms with E-state index in [9.17, 15) is 19.2 Å². The van der Waals surface area contributed by atoms with Gasteiger partial charge in [-0.15, -0.1) is 4.89 Å². The van der Waals surface area contributed by atoms with E-state index < -0.39 is 16.9 Å². The van der Waals surface area contributed by atoms with Crippen molar-refractivity contribution in [3.05, 3.63) is 97.3 Å². The Morgan fingerprint density at radius 3 is 1.74 bits per heavy atom. The van der Waals surface area contributed by atoms with Crippen LogP contribution >= 0.6 is 16.9 Å². The average Bonchev–Trinajstić information content (AvgIpc) is 3.00. The normalized spacial score (nSPS) is 12.0. The van der Waals surface area contributed by atoms with Gasteiger partial charge in [-0.05, 0) is 54.6 Å². The molecule has 1 atom stereocenters. The molecule has 42 heavy (non-hydrogen) atoms. The van der Waals surface area contributed by atoms with Crippen molar-refractivity contribution < 1.29 is 28.3 Å². The molecule has 1 unspecified atom stereocenters. The van der Waals surface area contributed by atoms with Crippen molar-refractivity contribution >= 4 is 60.5 Å². The van der Waals surface area contributed by atoms with Gasteiger partial charge in [-0.25, -0.2) is 14.5 Å². The van der Waals surface area contributed by atoms with E-state index in [2.05, 4.69) is 9.97 Å². The zero-order valence-electron chi connectivity index (χ0n) is 21.5. The van der Waals surface area contributed by atoms with Crippen molar-refractivity contribution in [1.82, 2.24) is 19.9 Å². The Labute approximate surface area is 239 Å². The molecule has 0 amide bonds. The summed E-state index contributed by atoms with van der Waals surface area (Å²) in [7, 11) is -5.42. The zero-order chi connectivity index (χ0) is 28.8. The monoisotopic (exact) mass is 593 g/mol. The van der Waals surface area contributed by atoms with E-state index in [1.807, 2.05) is 48.5 Å². The van der Waals surface area contributed by atoms with E-state index >= 15 is 0 Å². The van der Waals surface area contributed by atoms with Gasteiger partial charge in [0.05, 0.1) is 27.8 Å². The molecule has 3 N–H and O–H groups in total. The third-order valence-electron chi connectivity index (χ3n) is 6.83. The molecule has 3 aromatic carbocycles. The number of pyridine rings is 4. The van der Waals surface area contributed by atoms with Gasteiger partial charge in [-0.1, -0.05) is 30.3 Å². The van der Waals surface area contributed by atoms with Crippen LogP contribution in [-0.4, -0.2) is 34.6 Å². The summed E-state index contributed by atoms with van der Waals surface area (Å²) in [6.07, 6.45) is 3.30. The maximum atomic E-state index is 11.4. The van der Waals surface area contributed by atoms with Crippen LogP contribution < -0.4 is 9.05 Å². The van der Waals surface area contributed by atoms with Crippen LogP contribution in [-0.2, 0) is 4.57 Å². The van der Waals surface area contributed by atoms with Gasteiger partial charge in [-0.3, -0.25) is 9.97 Å². The lowest BCUT2D eigenvalue weighted by atomic mass is 10.0. The Bertz CT molecular complexity index is 2190. The van der Waals surface area contributed by atoms with Crippen molar-refractivity contribution in [2.75, 3.05) is 0 Å². The lowest BCUT2D eigenvalue weighted by molar-refractivity contribution is 0.377. The van der Waals surface area contributed by atoms with E-state index in [0.29, 0.717) is 38.6 Å². The highest BCUT2D eigenvalue weighted by molar-refractivity contribution is 7.39. The lowest BCUT2D eigenvalue weighted by Crippen LogP contribution is -1.93. The minimum Gasteiger partial charge on any atom is -0.426 e. The van der Waals surface area contributed by atoms with Crippen LogP contribution in [0.2, 0.25) is 0 Å². The first-order valence-corrected chi connectivity index (χ1v) is 14.9. The van der Waals surface area contributed by atoms with Crippen molar-refractivity contribution in [3.8, 4) is 34.0 Å². The third kappa shape index (κ3) is 4.77. The number of nitrogens with zero attached hydrogens (tertiary/aromatic N) is 4. The minimum atomic E-state index is -2.83. The predicted octanol–water partition coefficient (Wildman–Crippen LogP) is 6.83. The van der Waals surface area contributed by atoms with Gasteiger partial charge in [0.25, 0.3) is 0 Å². The molecule has 10 nitrogen and oxygen atoms in total. The standard InChI is InChI=1S/C30H18N4O6P2/c35-41(36)39-25-15-19-8-10-23(33-27(19)29-21(25)6-2-12-31-29)17-4-1-5-18(14-17)24-11-9-20-16-26(40-42(37)38)22-7-3-13-32-30(22)28(20)34-24/h1-16,35-36H/p+1. The van der Waals surface area contributed by atoms with Crippen LogP contribution in [0.5, 0.6) is 11.5 Å². The van der Waals surface area contributed by atoms with Crippen LogP contribution in [0.3, 0.4) is 0 Å². The maximum absolute atomic E-state index is 11.4. The fourth-order valence-electron chi connectivity index (χ4n) is 5.06. The Balaban J connectivity index is 1.33. The highest BCUT2D eigenvalue weighted by Gasteiger charge is 2.20. The molecule has 0 aliphatic heterocycles. The minimum absolute atomic E-state index is 0.266. The second kappa shape index (κ2) is 10.6. The number of aromatic nitrogens is 4. The summed E-state index contributed by atoms with van der Waals surface area (Å²) < 4.78 is 21.8. The van der Waals surface area contributed by atoms with E-state index in [1.165, 1.54) is 0 Å². The number of hydrogen-bond acceptors (Lipinski definition) is 9. The first-order chi connectivity index (χ1) is 20.4. The summed E-state index contributed by atoms with van der Waals surface area (Å²) in [4.78, 5) is 47.0. The summed E-state index contributed by atoms with van der Waals surface area (Å²) in [5.74, 6) is 0.592. The fourth-order valence-corrected chi connectivity index (χ4v) is 5.70. The summed E-state index contributed by atoms with van der Waals surface area (Å²) in [6, 6.07) is 25.9. The summed E-state index contributed by atoms with van der Waals surface area (Å²) in [6.45, 7) is 0. The Morgan fingerprint density at radius 1 is 0.643 bits per heavy atom. The highest BCUT2D eigenvalue weighted by Crippen LogP contribution is 2.39. The smallest absolute Gasteiger partial charge is 0.426 e. The van der Waals surface area contributed by atoms with Crippen LogP contribution in [0.25, 0.3) is 66.1 Å². The van der Waals surface area contributed by atoms with Gasteiger partial charge in [0, 0.05) is 44.2 Å². The van der Waals surface area contributed by atoms with Gasteiger partial charge in [-0.2, -0.15) is 0 Å². The molecule has 4 heterocycles. The Morgan fingerprint density at radius 2 is 1.19 bits per heavy atom. The van der Waals surface area contributed by atoms with Crippen molar-refractivity contribution in [2.45, 2.75) is 0 Å². The molecule has 0 saturated carbocycles. The number of rotatable bonds is 6. The molecule has 0 aliphatic rings. The van der Waals surface area contributed by atoms with E-state index in [4.69, 9.17) is 19.0 Å². The third-order valence-corrected chi connectivity index (χ3v) is 7.54. The maximum Gasteiger partial charge on any atom is 0.747 e. The molecule has 12 heteroatoms. The van der Waals surface area contributed by atoms with Crippen molar-refractivity contribution in [3.63, 3.8) is 0 Å². The van der Waals surface area contributed by atoms with Gasteiger partial charge in [0.15, 0.2) is 5.75 Å². The zero-order valence-corrected chi connectivity index (χ0v) is 23.3. The largest absolute Gasteiger partial charge is 0.747 e. The van der Waals surface area contributed by atoms with Crippen LogP contribution in [0, 0.1) is 0 Å². The fraction of sp³-hybridized carbons (Fsp3) is 0. The first-order valence-electron chi connectivity index (χ1n) is 12.6. The van der Waals surface area contributed by atoms with E-state index in [-0.39, 0.29) is 5.75 Å². The molecule has 7 rings (SSSR count). The molecular formula is C30H19N4O6P2+. The molecule has 0 radical (unpaired) electrons. The quantitative estimate of drug-likeness (QED) is 0.138. The first kappa shape index (κ1) is 26.2. The molecular weight excluding hydrogens is 574 g/mol. The molecule has 204 valence electrons. The summed E-state index contributed by atoms with van der Waals surface area (Å²) >= 11 is 0. The SMILES string of the molecule is O=[P+](O)Oc1cc2ccc(-c3cccc(-c4ccc5cc(OP(O)O)c6cccnc6c5n4)c3)nc2c2ncccc12. The van der Waals surface area contributed by atoms with E-state index in [1.54, 1.807) is 48.8 Å². The Hall–Kier alpha value is -4.69. The summed E-state index contributed by atoms with van der Waals surface area (Å²) in [5.41, 5.74) is 5.63. The number of hydrogen-bond donors (Lipinski definition) is 3. The second-order valence-electron chi connectivity index (χ2n) is 9.34. The van der Waals surface area contributed by atoms with Crippen molar-refractivity contribution in [1.29, 1.82) is 0 Å². The molecule has 0 saturated heterocycles. The van der Waals surface area contributed by atoms with Crippen molar-refractivity contribution in [2.24, 2.45) is 0 Å². The van der Waals surface area contributed by atoms with Gasteiger partial charge >= 0.3 is 16.9 Å². The molecule has 0 spiro atoms. The molecule has 0 bridgehead atoms. The predicted molar refractivity (Wildman–Crippen MR) is 161 cm³/mol. The average molecular weight is 593 g/mol. The van der Waals surface area contributed by atoms with Gasteiger partial charge < -0.3 is 14.3 Å². The summed E-state index contributed by atoms with van der Waals surface area (Å²) in [5, 5.41) is 2.68. The Kier molecular flexibility index (Phi) is 6.63. The number of benzene rings is 3. The van der Waals surface area contributed by atoms with E-state index in [0.717, 1.165) is 33.3 Å². The molecule has 0 fully saturated rings. The molecule has 7 aromatic rings. The van der Waals surface area contributed by atoms with Gasteiger partial charge in [0.2, 0.25) is 0 Å². The topological polar surface area (TPSA) is 148 Å². The van der Waals surface area contributed by atoms with Crippen LogP contribution in [0.1, 0.15) is 0 Å². The van der Waals surface area contributed by atoms with Gasteiger partial charge in [0.1, 0.15) is 16.8 Å². The second-order valence-corrected chi connectivity index (χ2v) is 10.7. The highest BCUT2D eigenvalue weighted by atomic mass is 31.2. The van der Waals surface area contributed by atoms with Crippen LogP contribution in [0.15, 0.2) is 97.3 Å². The lowest BCUT2D eigenvalue weighted by Gasteiger charge is -2.12. The molecule has 0 aliphatic carbocycles.